The molecule has 114 valence electrons. The third-order valence-electron chi connectivity index (χ3n) is 4.89. The molecule has 0 radical (unpaired) electrons. The van der Waals surface area contributed by atoms with E-state index < -0.39 is 6.04 Å². The third-order valence-corrected chi connectivity index (χ3v) is 4.89. The lowest BCUT2D eigenvalue weighted by Crippen LogP contribution is -2.47. The molecule has 0 spiro atoms. The predicted octanol–water partition coefficient (Wildman–Crippen LogP) is 2.52. The van der Waals surface area contributed by atoms with Gasteiger partial charge in [0.25, 0.3) is 0 Å². The van der Waals surface area contributed by atoms with Crippen LogP contribution in [0.2, 0.25) is 0 Å². The Kier molecular flexibility index (Phi) is 4.40. The van der Waals surface area contributed by atoms with Gasteiger partial charge in [-0.2, -0.15) is 0 Å². The van der Waals surface area contributed by atoms with Crippen molar-refractivity contribution in [3.8, 4) is 0 Å². The van der Waals surface area contributed by atoms with Gasteiger partial charge in [-0.3, -0.25) is 4.79 Å². The normalized spacial score (nSPS) is 33.0. The molecule has 1 saturated carbocycles. The summed E-state index contributed by atoms with van der Waals surface area (Å²) in [6.45, 7) is 9.26. The number of rotatable bonds is 3. The fourth-order valence-electron chi connectivity index (χ4n) is 3.60. The van der Waals surface area contributed by atoms with E-state index in [1.54, 1.807) is 0 Å². The van der Waals surface area contributed by atoms with Gasteiger partial charge >= 0.3 is 5.97 Å². The fourth-order valence-corrected chi connectivity index (χ4v) is 3.60. The second-order valence-corrected chi connectivity index (χ2v) is 7.44. The van der Waals surface area contributed by atoms with Crippen molar-refractivity contribution >= 4 is 11.9 Å². The van der Waals surface area contributed by atoms with E-state index in [1.807, 2.05) is 0 Å². The van der Waals surface area contributed by atoms with Crippen LogP contribution in [-0.4, -0.2) is 24.5 Å². The number of carbonyl (C=O) groups is 2. The van der Waals surface area contributed by atoms with E-state index in [9.17, 15) is 9.59 Å². The highest BCUT2D eigenvalue weighted by molar-refractivity contribution is 5.86. The molecule has 4 nitrogen and oxygen atoms in total. The third kappa shape index (κ3) is 3.33. The molecular formula is C16H27NO3. The lowest BCUT2D eigenvalue weighted by molar-refractivity contribution is -0.142. The standard InChI is InChI=1S/C16H27NO3/c1-10(2)11-5-7-16(3,4)9-12(11)14(18)17-13-6-8-20-15(13)19/h10-13H,5-9H2,1-4H3,(H,17,18). The van der Waals surface area contributed by atoms with Gasteiger partial charge in [0.05, 0.1) is 6.61 Å². The molecule has 1 aliphatic heterocycles. The molecule has 0 aromatic rings. The van der Waals surface area contributed by atoms with Crippen molar-refractivity contribution in [2.24, 2.45) is 23.2 Å². The quantitative estimate of drug-likeness (QED) is 0.809. The second kappa shape index (κ2) is 5.74. The highest BCUT2D eigenvalue weighted by Crippen LogP contribution is 2.44. The molecule has 1 N–H and O–H groups in total. The Bertz CT molecular complexity index is 389. The number of ether oxygens (including phenoxy) is 1. The van der Waals surface area contributed by atoms with Crippen molar-refractivity contribution in [1.29, 1.82) is 0 Å². The van der Waals surface area contributed by atoms with E-state index >= 15 is 0 Å². The van der Waals surface area contributed by atoms with Crippen molar-refractivity contribution in [3.05, 3.63) is 0 Å². The van der Waals surface area contributed by atoms with Gasteiger partial charge in [-0.15, -0.1) is 0 Å². The number of nitrogens with one attached hydrogen (secondary N) is 1. The summed E-state index contributed by atoms with van der Waals surface area (Å²) in [6.07, 6.45) is 3.78. The van der Waals surface area contributed by atoms with Gasteiger partial charge in [-0.1, -0.05) is 27.7 Å². The number of amides is 1. The molecule has 2 fully saturated rings. The Morgan fingerprint density at radius 2 is 2.05 bits per heavy atom. The largest absolute Gasteiger partial charge is 0.464 e. The molecule has 3 atom stereocenters. The van der Waals surface area contributed by atoms with Crippen LogP contribution in [-0.2, 0) is 14.3 Å². The number of hydrogen-bond donors (Lipinski definition) is 1. The summed E-state index contributed by atoms with van der Waals surface area (Å²) in [5, 5.41) is 2.91. The summed E-state index contributed by atoms with van der Waals surface area (Å²) >= 11 is 0. The zero-order chi connectivity index (χ0) is 14.9. The molecule has 20 heavy (non-hydrogen) atoms. The number of esters is 1. The Morgan fingerprint density at radius 1 is 1.35 bits per heavy atom. The first-order chi connectivity index (χ1) is 9.30. The van der Waals surface area contributed by atoms with Crippen molar-refractivity contribution in [1.82, 2.24) is 5.32 Å². The lowest BCUT2D eigenvalue weighted by Gasteiger charge is -2.42. The number of hydrogen-bond acceptors (Lipinski definition) is 3. The minimum atomic E-state index is -0.430. The van der Waals surface area contributed by atoms with Crippen LogP contribution in [0.4, 0.5) is 0 Å². The van der Waals surface area contributed by atoms with Crippen LogP contribution < -0.4 is 5.32 Å². The summed E-state index contributed by atoms with van der Waals surface area (Å²) in [7, 11) is 0. The summed E-state index contributed by atoms with van der Waals surface area (Å²) in [5.41, 5.74) is 0.212. The second-order valence-electron chi connectivity index (χ2n) is 7.44. The van der Waals surface area contributed by atoms with Crippen LogP contribution >= 0.6 is 0 Å². The molecule has 1 heterocycles. The van der Waals surface area contributed by atoms with Gasteiger partial charge in [0.2, 0.25) is 5.91 Å². The Balaban J connectivity index is 2.05. The number of carbonyl (C=O) groups excluding carboxylic acids is 2. The van der Waals surface area contributed by atoms with Crippen LogP contribution in [0.25, 0.3) is 0 Å². The van der Waals surface area contributed by atoms with E-state index in [0.29, 0.717) is 24.9 Å². The molecule has 1 aliphatic carbocycles. The molecule has 3 unspecified atom stereocenters. The lowest BCUT2D eigenvalue weighted by atomic mass is 9.64. The molecular weight excluding hydrogens is 254 g/mol. The highest BCUT2D eigenvalue weighted by Gasteiger charge is 2.41. The monoisotopic (exact) mass is 281 g/mol. The minimum Gasteiger partial charge on any atom is -0.464 e. The molecule has 0 bridgehead atoms. The summed E-state index contributed by atoms with van der Waals surface area (Å²) in [4.78, 5) is 24.1. The Labute approximate surface area is 121 Å². The van der Waals surface area contributed by atoms with Crippen LogP contribution in [0, 0.1) is 23.2 Å². The van der Waals surface area contributed by atoms with E-state index in [4.69, 9.17) is 4.74 Å². The first-order valence-corrected chi connectivity index (χ1v) is 7.77. The Hall–Kier alpha value is -1.06. The van der Waals surface area contributed by atoms with Crippen molar-refractivity contribution < 1.29 is 14.3 Å². The van der Waals surface area contributed by atoms with Crippen molar-refractivity contribution in [2.45, 2.75) is 59.4 Å². The predicted molar refractivity (Wildman–Crippen MR) is 77.0 cm³/mol. The van der Waals surface area contributed by atoms with E-state index in [-0.39, 0.29) is 23.2 Å². The molecule has 4 heteroatoms. The molecule has 1 saturated heterocycles. The first-order valence-electron chi connectivity index (χ1n) is 7.77. The van der Waals surface area contributed by atoms with Crippen LogP contribution in [0.1, 0.15) is 53.4 Å². The summed E-state index contributed by atoms with van der Waals surface area (Å²) in [6, 6.07) is -0.430. The van der Waals surface area contributed by atoms with Gasteiger partial charge < -0.3 is 10.1 Å². The van der Waals surface area contributed by atoms with Gasteiger partial charge in [0, 0.05) is 12.3 Å². The van der Waals surface area contributed by atoms with Crippen LogP contribution in [0.5, 0.6) is 0 Å². The number of cyclic esters (lactones) is 1. The maximum absolute atomic E-state index is 12.6. The molecule has 0 aromatic heterocycles. The van der Waals surface area contributed by atoms with Crippen LogP contribution in [0.3, 0.4) is 0 Å². The smallest absolute Gasteiger partial charge is 0.328 e. The van der Waals surface area contributed by atoms with Gasteiger partial charge in [-0.25, -0.2) is 4.79 Å². The summed E-state index contributed by atoms with van der Waals surface area (Å²) in [5.74, 6) is 0.694. The average Bonchev–Trinajstić information content (AvgIpc) is 2.73. The topological polar surface area (TPSA) is 55.4 Å². The Morgan fingerprint density at radius 3 is 2.60 bits per heavy atom. The molecule has 2 aliphatic rings. The summed E-state index contributed by atoms with van der Waals surface area (Å²) < 4.78 is 4.92. The average molecular weight is 281 g/mol. The van der Waals surface area contributed by atoms with Gasteiger partial charge in [0.15, 0.2) is 0 Å². The van der Waals surface area contributed by atoms with Gasteiger partial charge in [-0.05, 0) is 36.5 Å². The first kappa shape index (κ1) is 15.3. The fraction of sp³-hybridized carbons (Fsp3) is 0.875. The molecule has 1 amide bonds. The zero-order valence-corrected chi connectivity index (χ0v) is 13.1. The zero-order valence-electron chi connectivity index (χ0n) is 13.1. The van der Waals surface area contributed by atoms with Gasteiger partial charge in [0.1, 0.15) is 6.04 Å². The highest BCUT2D eigenvalue weighted by atomic mass is 16.5. The van der Waals surface area contributed by atoms with E-state index in [0.717, 1.165) is 12.8 Å². The van der Waals surface area contributed by atoms with E-state index in [1.165, 1.54) is 6.42 Å². The van der Waals surface area contributed by atoms with Crippen molar-refractivity contribution in [3.63, 3.8) is 0 Å². The maximum Gasteiger partial charge on any atom is 0.328 e. The maximum atomic E-state index is 12.6. The van der Waals surface area contributed by atoms with E-state index in [2.05, 4.69) is 33.0 Å². The SMILES string of the molecule is CC(C)C1CCC(C)(C)CC1C(=O)NC1CCOC1=O. The van der Waals surface area contributed by atoms with Crippen LogP contribution in [0.15, 0.2) is 0 Å². The molecule has 2 rings (SSSR count). The minimum absolute atomic E-state index is 0.0205. The van der Waals surface area contributed by atoms with Crippen molar-refractivity contribution in [2.75, 3.05) is 6.61 Å². The molecule has 0 aromatic carbocycles.